The molecule has 0 aliphatic carbocycles. The predicted molar refractivity (Wildman–Crippen MR) is 125 cm³/mol. The molecule has 0 saturated carbocycles. The summed E-state index contributed by atoms with van der Waals surface area (Å²) in [7, 11) is 2.98. The lowest BCUT2D eigenvalue weighted by atomic mass is 10.1. The highest BCUT2D eigenvalue weighted by atomic mass is 19.4. The summed E-state index contributed by atoms with van der Waals surface area (Å²) in [6.07, 6.45) is -0.157. The molecule has 4 aromatic heterocycles. The van der Waals surface area contributed by atoms with Gasteiger partial charge in [-0.25, -0.2) is 14.5 Å². The molecule has 13 heteroatoms. The van der Waals surface area contributed by atoms with Crippen molar-refractivity contribution in [1.29, 1.82) is 0 Å². The van der Waals surface area contributed by atoms with Crippen molar-refractivity contribution in [3.05, 3.63) is 36.3 Å². The van der Waals surface area contributed by atoms with Crippen LogP contribution in [0.2, 0.25) is 0 Å². The van der Waals surface area contributed by atoms with Gasteiger partial charge in [0, 0.05) is 24.4 Å². The Bertz CT molecular complexity index is 1440. The van der Waals surface area contributed by atoms with Gasteiger partial charge in [-0.1, -0.05) is 0 Å². The monoisotopic (exact) mass is 519 g/mol. The highest BCUT2D eigenvalue weighted by Gasteiger charge is 2.30. The number of hydrogen-bond acceptors (Lipinski definition) is 8. The first kappa shape index (κ1) is 24.7. The molecule has 1 fully saturated rings. The van der Waals surface area contributed by atoms with Gasteiger partial charge in [0.2, 0.25) is 11.8 Å². The van der Waals surface area contributed by atoms with E-state index in [1.54, 1.807) is 25.3 Å². The third-order valence-electron chi connectivity index (χ3n) is 5.97. The zero-order chi connectivity index (χ0) is 26.3. The molecule has 1 atom stereocenters. The second kappa shape index (κ2) is 9.47. The largest absolute Gasteiger partial charge is 0.494 e. The van der Waals surface area contributed by atoms with Crippen molar-refractivity contribution in [3.63, 3.8) is 0 Å². The SMILES string of the molecule is COc1cc(-c2cc(C)c3c(O)n(-c4cnn(CC(F)(F)F)c4)c(OC4CCOC4)c3n2)cnc1OC. The lowest BCUT2D eigenvalue weighted by Gasteiger charge is -2.14. The van der Waals surface area contributed by atoms with Gasteiger partial charge < -0.3 is 24.1 Å². The molecule has 1 N–H and O–H groups in total. The van der Waals surface area contributed by atoms with Crippen LogP contribution in [0.1, 0.15) is 12.0 Å². The van der Waals surface area contributed by atoms with Gasteiger partial charge in [-0.2, -0.15) is 18.3 Å². The quantitative estimate of drug-likeness (QED) is 0.390. The Labute approximate surface area is 209 Å². The molecular formula is C24H24F3N5O5. The number of halogens is 3. The maximum Gasteiger partial charge on any atom is 0.408 e. The summed E-state index contributed by atoms with van der Waals surface area (Å²) in [4.78, 5) is 9.03. The highest BCUT2D eigenvalue weighted by Crippen LogP contribution is 2.43. The summed E-state index contributed by atoms with van der Waals surface area (Å²) in [6, 6.07) is 3.49. The van der Waals surface area contributed by atoms with Crippen LogP contribution >= 0.6 is 0 Å². The van der Waals surface area contributed by atoms with E-state index >= 15 is 0 Å². The number of aromatic nitrogens is 5. The van der Waals surface area contributed by atoms with Gasteiger partial charge in [-0.05, 0) is 24.6 Å². The van der Waals surface area contributed by atoms with E-state index in [0.717, 1.165) is 4.68 Å². The molecule has 5 rings (SSSR count). The fourth-order valence-corrected chi connectivity index (χ4v) is 4.29. The van der Waals surface area contributed by atoms with E-state index in [9.17, 15) is 18.3 Å². The molecule has 5 heterocycles. The van der Waals surface area contributed by atoms with Gasteiger partial charge in [0.05, 0.1) is 50.4 Å². The van der Waals surface area contributed by atoms with Crippen LogP contribution in [0.4, 0.5) is 13.2 Å². The normalized spacial score (nSPS) is 15.9. The molecule has 37 heavy (non-hydrogen) atoms. The highest BCUT2D eigenvalue weighted by molar-refractivity contribution is 5.95. The minimum absolute atomic E-state index is 0.174. The van der Waals surface area contributed by atoms with Gasteiger partial charge in [0.25, 0.3) is 5.88 Å². The Hall–Kier alpha value is -4.00. The van der Waals surface area contributed by atoms with E-state index in [1.807, 2.05) is 0 Å². The van der Waals surface area contributed by atoms with E-state index in [1.165, 1.54) is 31.2 Å². The Morgan fingerprint density at radius 3 is 2.68 bits per heavy atom. The minimum atomic E-state index is -4.45. The molecule has 10 nitrogen and oxygen atoms in total. The van der Waals surface area contributed by atoms with Gasteiger partial charge in [-0.15, -0.1) is 0 Å². The number of aromatic hydroxyl groups is 1. The summed E-state index contributed by atoms with van der Waals surface area (Å²) in [5.74, 6) is 0.677. The summed E-state index contributed by atoms with van der Waals surface area (Å²) < 4.78 is 63.1. The first-order valence-electron chi connectivity index (χ1n) is 11.4. The fraction of sp³-hybridized carbons (Fsp3) is 0.375. The van der Waals surface area contributed by atoms with Crippen LogP contribution in [-0.4, -0.2) is 69.1 Å². The van der Waals surface area contributed by atoms with E-state index in [-0.39, 0.29) is 23.6 Å². The Balaban J connectivity index is 1.68. The van der Waals surface area contributed by atoms with Gasteiger partial charge in [0.15, 0.2) is 5.75 Å². The first-order valence-corrected chi connectivity index (χ1v) is 11.4. The molecule has 1 aliphatic rings. The molecule has 4 aromatic rings. The van der Waals surface area contributed by atoms with Crippen LogP contribution in [-0.2, 0) is 11.3 Å². The molecule has 0 radical (unpaired) electrons. The van der Waals surface area contributed by atoms with Gasteiger partial charge >= 0.3 is 6.18 Å². The molecule has 1 saturated heterocycles. The number of ether oxygens (including phenoxy) is 4. The first-order chi connectivity index (χ1) is 17.7. The van der Waals surface area contributed by atoms with Crippen LogP contribution in [0.25, 0.3) is 27.8 Å². The van der Waals surface area contributed by atoms with Crippen molar-refractivity contribution in [2.75, 3.05) is 27.4 Å². The van der Waals surface area contributed by atoms with Crippen LogP contribution in [0.5, 0.6) is 23.4 Å². The van der Waals surface area contributed by atoms with Crippen molar-refractivity contribution in [1.82, 2.24) is 24.3 Å². The number of hydrogen-bond donors (Lipinski definition) is 1. The van der Waals surface area contributed by atoms with Gasteiger partial charge in [0.1, 0.15) is 18.2 Å². The molecule has 1 aliphatic heterocycles. The molecule has 0 spiro atoms. The number of alkyl halides is 3. The summed E-state index contributed by atoms with van der Waals surface area (Å²) >= 11 is 0. The van der Waals surface area contributed by atoms with Crippen molar-refractivity contribution < 1.29 is 37.2 Å². The third-order valence-corrected chi connectivity index (χ3v) is 5.97. The topological polar surface area (TPSA) is 106 Å². The standard InChI is InChI=1S/C24H24F3N5O5/c1-13-6-17(14-7-18(34-2)21(35-3)28-8-14)30-20-19(13)22(33)32(23(20)37-16-4-5-36-11-16)15-9-29-31(10-15)12-24(25,26)27/h6-10,16,33H,4-5,11-12H2,1-3H3. The average molecular weight is 519 g/mol. The Kier molecular flexibility index (Phi) is 6.31. The zero-order valence-corrected chi connectivity index (χ0v) is 20.2. The molecule has 0 amide bonds. The maximum absolute atomic E-state index is 12.9. The fourth-order valence-electron chi connectivity index (χ4n) is 4.29. The smallest absolute Gasteiger partial charge is 0.408 e. The average Bonchev–Trinajstić information content (AvgIpc) is 3.58. The third kappa shape index (κ3) is 4.73. The number of rotatable bonds is 7. The van der Waals surface area contributed by atoms with Crippen LogP contribution < -0.4 is 14.2 Å². The molecule has 1 unspecified atom stereocenters. The number of fused-ring (bicyclic) bond motifs is 1. The number of pyridine rings is 2. The predicted octanol–water partition coefficient (Wildman–Crippen LogP) is 4.05. The van der Waals surface area contributed by atoms with E-state index in [0.29, 0.717) is 59.0 Å². The molecule has 196 valence electrons. The van der Waals surface area contributed by atoms with E-state index in [2.05, 4.69) is 10.1 Å². The Morgan fingerprint density at radius 1 is 1.19 bits per heavy atom. The van der Waals surface area contributed by atoms with Gasteiger partial charge in [-0.3, -0.25) is 4.68 Å². The van der Waals surface area contributed by atoms with Crippen molar-refractivity contribution in [3.8, 4) is 40.3 Å². The zero-order valence-electron chi connectivity index (χ0n) is 20.2. The number of nitrogens with zero attached hydrogens (tertiary/aromatic N) is 5. The molecule has 0 aromatic carbocycles. The summed E-state index contributed by atoms with van der Waals surface area (Å²) in [6.45, 7) is 1.36. The summed E-state index contributed by atoms with van der Waals surface area (Å²) in [5.41, 5.74) is 2.35. The lowest BCUT2D eigenvalue weighted by Crippen LogP contribution is -2.18. The van der Waals surface area contributed by atoms with Crippen molar-refractivity contribution in [2.24, 2.45) is 0 Å². The number of aryl methyl sites for hydroxylation is 1. The van der Waals surface area contributed by atoms with Crippen molar-refractivity contribution >= 4 is 10.9 Å². The van der Waals surface area contributed by atoms with Crippen LogP contribution in [0, 0.1) is 6.92 Å². The number of methoxy groups -OCH3 is 2. The second-order valence-electron chi connectivity index (χ2n) is 8.56. The maximum atomic E-state index is 12.9. The molecule has 0 bridgehead atoms. The Morgan fingerprint density at radius 2 is 2.00 bits per heavy atom. The second-order valence-corrected chi connectivity index (χ2v) is 8.56. The summed E-state index contributed by atoms with van der Waals surface area (Å²) in [5, 5.41) is 15.4. The van der Waals surface area contributed by atoms with Crippen molar-refractivity contribution in [2.45, 2.75) is 32.2 Å². The minimum Gasteiger partial charge on any atom is -0.494 e. The van der Waals surface area contributed by atoms with Crippen LogP contribution in [0.3, 0.4) is 0 Å². The molecular weight excluding hydrogens is 495 g/mol. The van der Waals surface area contributed by atoms with E-state index in [4.69, 9.17) is 23.9 Å². The van der Waals surface area contributed by atoms with E-state index < -0.39 is 12.7 Å². The lowest BCUT2D eigenvalue weighted by molar-refractivity contribution is -0.142. The van der Waals surface area contributed by atoms with Crippen LogP contribution in [0.15, 0.2) is 30.7 Å².